The summed E-state index contributed by atoms with van der Waals surface area (Å²) in [5.74, 6) is 0. The van der Waals surface area contributed by atoms with Crippen molar-refractivity contribution in [3.05, 3.63) is 12.4 Å². The van der Waals surface area contributed by atoms with Crippen molar-refractivity contribution >= 4 is 10.0 Å². The van der Waals surface area contributed by atoms with Crippen molar-refractivity contribution in [1.82, 2.24) is 14.5 Å². The highest BCUT2D eigenvalue weighted by atomic mass is 32.2. The third-order valence-electron chi connectivity index (χ3n) is 2.75. The first-order valence-electron chi connectivity index (χ1n) is 5.13. The van der Waals surface area contributed by atoms with Crippen LogP contribution in [0.25, 0.3) is 0 Å². The molecular weight excluding hydrogens is 230 g/mol. The fourth-order valence-corrected chi connectivity index (χ4v) is 3.41. The van der Waals surface area contributed by atoms with E-state index in [-0.39, 0.29) is 11.4 Å². The van der Waals surface area contributed by atoms with E-state index in [0.717, 1.165) is 0 Å². The molecule has 0 bridgehead atoms. The van der Waals surface area contributed by atoms with Crippen LogP contribution in [0, 0.1) is 0 Å². The van der Waals surface area contributed by atoms with E-state index in [1.807, 2.05) is 0 Å². The minimum atomic E-state index is -3.51. The van der Waals surface area contributed by atoms with Crippen LogP contribution in [-0.2, 0) is 10.0 Å². The molecule has 1 aliphatic heterocycles. The fraction of sp³-hybridized carbons (Fsp3) is 0.667. The van der Waals surface area contributed by atoms with Gasteiger partial charge in [-0.05, 0) is 19.8 Å². The molecule has 16 heavy (non-hydrogen) atoms. The first kappa shape index (κ1) is 11.6. The van der Waals surface area contributed by atoms with E-state index >= 15 is 0 Å². The van der Waals surface area contributed by atoms with Crippen molar-refractivity contribution in [3.8, 4) is 0 Å². The van der Waals surface area contributed by atoms with Crippen LogP contribution in [0.3, 0.4) is 0 Å². The highest BCUT2D eigenvalue weighted by molar-refractivity contribution is 7.89. The zero-order valence-corrected chi connectivity index (χ0v) is 9.87. The molecule has 7 heteroatoms. The number of nitrogens with one attached hydrogen (secondary N) is 1. The predicted octanol–water partition coefficient (Wildman–Crippen LogP) is -0.0548. The van der Waals surface area contributed by atoms with Gasteiger partial charge < -0.3 is 5.11 Å². The zero-order valence-electron chi connectivity index (χ0n) is 9.05. The first-order chi connectivity index (χ1) is 7.42. The summed E-state index contributed by atoms with van der Waals surface area (Å²) in [6.45, 7) is 2.24. The number of β-amino-alcohol motifs (C(OH)–C–C–N with tert-alkyl or cyclic N) is 1. The third-order valence-corrected chi connectivity index (χ3v) is 4.56. The van der Waals surface area contributed by atoms with Crippen molar-refractivity contribution in [1.29, 1.82) is 0 Å². The number of piperidine rings is 1. The predicted molar refractivity (Wildman–Crippen MR) is 57.2 cm³/mol. The number of hydrogen-bond acceptors (Lipinski definition) is 4. The second-order valence-electron chi connectivity index (χ2n) is 4.37. The fourth-order valence-electron chi connectivity index (χ4n) is 1.91. The molecule has 0 aliphatic carbocycles. The van der Waals surface area contributed by atoms with Crippen LogP contribution >= 0.6 is 0 Å². The van der Waals surface area contributed by atoms with Gasteiger partial charge in [-0.2, -0.15) is 9.40 Å². The van der Waals surface area contributed by atoms with Gasteiger partial charge in [0.1, 0.15) is 4.90 Å². The van der Waals surface area contributed by atoms with Crippen molar-refractivity contribution in [3.63, 3.8) is 0 Å². The van der Waals surface area contributed by atoms with E-state index in [4.69, 9.17) is 0 Å². The molecule has 1 unspecified atom stereocenters. The van der Waals surface area contributed by atoms with Gasteiger partial charge in [-0.1, -0.05) is 0 Å². The molecule has 1 fully saturated rings. The maximum atomic E-state index is 12.1. The Bertz CT molecular complexity index is 452. The Kier molecular flexibility index (Phi) is 2.77. The molecule has 0 aromatic carbocycles. The number of rotatable bonds is 2. The van der Waals surface area contributed by atoms with Crippen molar-refractivity contribution in [2.24, 2.45) is 0 Å². The van der Waals surface area contributed by atoms with Gasteiger partial charge in [0.05, 0.1) is 11.8 Å². The van der Waals surface area contributed by atoms with Gasteiger partial charge in [0.2, 0.25) is 10.0 Å². The van der Waals surface area contributed by atoms with Gasteiger partial charge in [-0.3, -0.25) is 5.10 Å². The highest BCUT2D eigenvalue weighted by Crippen LogP contribution is 2.25. The molecule has 1 atom stereocenters. The summed E-state index contributed by atoms with van der Waals surface area (Å²) >= 11 is 0. The average molecular weight is 245 g/mol. The molecule has 0 amide bonds. The van der Waals surface area contributed by atoms with Gasteiger partial charge in [0.25, 0.3) is 0 Å². The summed E-state index contributed by atoms with van der Waals surface area (Å²) in [4.78, 5) is 0.144. The minimum Gasteiger partial charge on any atom is -0.389 e. The molecule has 2 N–H and O–H groups in total. The summed E-state index contributed by atoms with van der Waals surface area (Å²) in [7, 11) is -3.51. The largest absolute Gasteiger partial charge is 0.389 e. The lowest BCUT2D eigenvalue weighted by atomic mass is 9.97. The van der Waals surface area contributed by atoms with E-state index in [0.29, 0.717) is 19.4 Å². The van der Waals surface area contributed by atoms with E-state index in [1.165, 1.54) is 16.7 Å². The Morgan fingerprint density at radius 1 is 1.62 bits per heavy atom. The maximum absolute atomic E-state index is 12.1. The van der Waals surface area contributed by atoms with Crippen LogP contribution in [0.4, 0.5) is 0 Å². The summed E-state index contributed by atoms with van der Waals surface area (Å²) in [5, 5.41) is 16.0. The maximum Gasteiger partial charge on any atom is 0.246 e. The SMILES string of the molecule is CC1(O)CCCN(S(=O)(=O)c2cn[nH]c2)C1. The zero-order chi connectivity index (χ0) is 11.8. The first-order valence-corrected chi connectivity index (χ1v) is 6.57. The number of sulfonamides is 1. The molecule has 90 valence electrons. The minimum absolute atomic E-state index is 0.139. The number of nitrogens with zero attached hydrogens (tertiary/aromatic N) is 2. The summed E-state index contributed by atoms with van der Waals surface area (Å²) in [5.41, 5.74) is -0.935. The topological polar surface area (TPSA) is 86.3 Å². The van der Waals surface area contributed by atoms with Crippen molar-refractivity contribution in [2.75, 3.05) is 13.1 Å². The van der Waals surface area contributed by atoms with Gasteiger partial charge >= 0.3 is 0 Å². The molecular formula is C9H15N3O3S. The molecule has 6 nitrogen and oxygen atoms in total. The van der Waals surface area contributed by atoms with Gasteiger partial charge in [0.15, 0.2) is 0 Å². The average Bonchev–Trinajstić information content (AvgIpc) is 2.69. The van der Waals surface area contributed by atoms with Crippen molar-refractivity contribution in [2.45, 2.75) is 30.3 Å². The Morgan fingerprint density at radius 3 is 2.94 bits per heavy atom. The second kappa shape index (κ2) is 3.83. The van der Waals surface area contributed by atoms with Crippen LogP contribution in [0.2, 0.25) is 0 Å². The highest BCUT2D eigenvalue weighted by Gasteiger charge is 2.35. The van der Waals surface area contributed by atoms with E-state index in [1.54, 1.807) is 6.92 Å². The lowest BCUT2D eigenvalue weighted by Crippen LogP contribution is -2.48. The monoisotopic (exact) mass is 245 g/mol. The van der Waals surface area contributed by atoms with Crippen LogP contribution in [0.5, 0.6) is 0 Å². The third kappa shape index (κ3) is 2.11. The quantitative estimate of drug-likeness (QED) is 0.764. The van der Waals surface area contributed by atoms with Crippen molar-refractivity contribution < 1.29 is 13.5 Å². The number of H-pyrrole nitrogens is 1. The Labute approximate surface area is 94.3 Å². The Balaban J connectivity index is 2.25. The molecule has 1 saturated heterocycles. The molecule has 0 spiro atoms. The summed E-state index contributed by atoms with van der Waals surface area (Å²) in [6.07, 6.45) is 3.92. The molecule has 0 saturated carbocycles. The number of aromatic nitrogens is 2. The number of aromatic amines is 1. The van der Waals surface area contributed by atoms with E-state index < -0.39 is 15.6 Å². The Morgan fingerprint density at radius 2 is 2.38 bits per heavy atom. The van der Waals surface area contributed by atoms with E-state index in [9.17, 15) is 13.5 Å². The molecule has 1 aliphatic rings. The summed E-state index contributed by atoms with van der Waals surface area (Å²) < 4.78 is 25.5. The smallest absolute Gasteiger partial charge is 0.246 e. The van der Waals surface area contributed by atoms with Gasteiger partial charge in [-0.15, -0.1) is 0 Å². The molecule has 2 heterocycles. The number of aliphatic hydroxyl groups is 1. The standard InChI is InChI=1S/C9H15N3O3S/c1-9(13)3-2-4-12(7-9)16(14,15)8-5-10-11-6-8/h5-6,13H,2-4,7H2,1H3,(H,10,11). The molecule has 1 aromatic rings. The van der Waals surface area contributed by atoms with Gasteiger partial charge in [0, 0.05) is 19.3 Å². The second-order valence-corrected chi connectivity index (χ2v) is 6.31. The lowest BCUT2D eigenvalue weighted by Gasteiger charge is -2.35. The van der Waals surface area contributed by atoms with E-state index in [2.05, 4.69) is 10.2 Å². The van der Waals surface area contributed by atoms with Gasteiger partial charge in [-0.25, -0.2) is 8.42 Å². The van der Waals surface area contributed by atoms with Crippen LogP contribution in [-0.4, -0.2) is 46.7 Å². The molecule has 0 radical (unpaired) electrons. The molecule has 2 rings (SSSR count). The molecule has 1 aromatic heterocycles. The lowest BCUT2D eigenvalue weighted by molar-refractivity contribution is 0.00940. The number of hydrogen-bond donors (Lipinski definition) is 2. The normalized spacial score (nSPS) is 28.1. The summed E-state index contributed by atoms with van der Waals surface area (Å²) in [6, 6.07) is 0. The van der Waals surface area contributed by atoms with Crippen LogP contribution in [0.15, 0.2) is 17.3 Å². The van der Waals surface area contributed by atoms with Crippen LogP contribution in [0.1, 0.15) is 19.8 Å². The Hall–Kier alpha value is -0.920. The van der Waals surface area contributed by atoms with Crippen LogP contribution < -0.4 is 0 Å².